The van der Waals surface area contributed by atoms with E-state index in [1.54, 1.807) is 19.1 Å². The fourth-order valence-corrected chi connectivity index (χ4v) is 2.45. The third-order valence-electron chi connectivity index (χ3n) is 3.83. The van der Waals surface area contributed by atoms with E-state index >= 15 is 0 Å². The number of hydrogen-bond donors (Lipinski definition) is 2. The highest BCUT2D eigenvalue weighted by Gasteiger charge is 2.30. The Hall–Kier alpha value is -1.59. The molecule has 0 spiro atoms. The van der Waals surface area contributed by atoms with Crippen molar-refractivity contribution >= 4 is 5.91 Å². The Morgan fingerprint density at radius 1 is 1.40 bits per heavy atom. The van der Waals surface area contributed by atoms with Crippen LogP contribution in [0.1, 0.15) is 12.0 Å². The fraction of sp³-hybridized carbons (Fsp3) is 0.533. The maximum atomic E-state index is 12.1. The average Bonchev–Trinajstić information content (AvgIpc) is 2.90. The second kappa shape index (κ2) is 6.72. The number of amides is 1. The number of aliphatic hydroxyl groups excluding tert-OH is 1. The minimum atomic E-state index is -0.468. The summed E-state index contributed by atoms with van der Waals surface area (Å²) in [5.74, 6) is 0.880. The molecular formula is C15H22N2O3. The molecule has 20 heavy (non-hydrogen) atoms. The molecule has 1 saturated heterocycles. The number of benzene rings is 1. The van der Waals surface area contributed by atoms with Gasteiger partial charge in [-0.2, -0.15) is 0 Å². The summed E-state index contributed by atoms with van der Waals surface area (Å²) in [5, 5.41) is 12.9. The van der Waals surface area contributed by atoms with Gasteiger partial charge in [-0.3, -0.25) is 4.79 Å². The molecule has 0 aromatic heterocycles. The Labute approximate surface area is 119 Å². The lowest BCUT2D eigenvalue weighted by Crippen LogP contribution is -2.44. The van der Waals surface area contributed by atoms with Crippen LogP contribution in [0.25, 0.3) is 0 Å². The minimum Gasteiger partial charge on any atom is -0.497 e. The average molecular weight is 278 g/mol. The van der Waals surface area contributed by atoms with Gasteiger partial charge >= 0.3 is 0 Å². The van der Waals surface area contributed by atoms with E-state index in [0.29, 0.717) is 25.9 Å². The van der Waals surface area contributed by atoms with Crippen molar-refractivity contribution in [1.29, 1.82) is 0 Å². The number of hydrogen-bond acceptors (Lipinski definition) is 4. The van der Waals surface area contributed by atoms with E-state index in [2.05, 4.69) is 5.32 Å². The number of likely N-dealkylation sites (N-methyl/N-ethyl adjacent to an activating group) is 1. The quantitative estimate of drug-likeness (QED) is 0.819. The lowest BCUT2D eigenvalue weighted by atomic mass is 10.1. The highest BCUT2D eigenvalue weighted by Crippen LogP contribution is 2.14. The molecular weight excluding hydrogens is 256 g/mol. The summed E-state index contributed by atoms with van der Waals surface area (Å²) in [4.78, 5) is 13.8. The molecule has 1 aromatic carbocycles. The Kier molecular flexibility index (Phi) is 4.98. The minimum absolute atomic E-state index is 0.0635. The largest absolute Gasteiger partial charge is 0.497 e. The Morgan fingerprint density at radius 2 is 2.10 bits per heavy atom. The van der Waals surface area contributed by atoms with Crippen LogP contribution in [0.3, 0.4) is 0 Å². The number of nitrogens with zero attached hydrogens (tertiary/aromatic N) is 1. The van der Waals surface area contributed by atoms with E-state index in [1.165, 1.54) is 0 Å². The van der Waals surface area contributed by atoms with Crippen LogP contribution in [0.2, 0.25) is 0 Å². The van der Waals surface area contributed by atoms with Crippen LogP contribution in [0.15, 0.2) is 24.3 Å². The topological polar surface area (TPSA) is 61.8 Å². The van der Waals surface area contributed by atoms with Crippen molar-refractivity contribution in [3.05, 3.63) is 29.8 Å². The first-order chi connectivity index (χ1) is 9.61. The first-order valence-corrected chi connectivity index (χ1v) is 6.89. The van der Waals surface area contributed by atoms with Gasteiger partial charge in [0.15, 0.2) is 0 Å². The molecule has 1 amide bonds. The molecule has 0 saturated carbocycles. The summed E-state index contributed by atoms with van der Waals surface area (Å²) >= 11 is 0. The highest BCUT2D eigenvalue weighted by molar-refractivity contribution is 5.76. The number of β-amino-alcohol motifs (C(OH)–C–C–N with tert-alkyl or cyclic N) is 1. The van der Waals surface area contributed by atoms with E-state index < -0.39 is 6.10 Å². The van der Waals surface area contributed by atoms with Gasteiger partial charge in [-0.05, 0) is 24.1 Å². The van der Waals surface area contributed by atoms with Gasteiger partial charge < -0.3 is 20.1 Å². The first kappa shape index (κ1) is 14.8. The highest BCUT2D eigenvalue weighted by atomic mass is 16.5. The molecule has 0 unspecified atom stereocenters. The van der Waals surface area contributed by atoms with Crippen molar-refractivity contribution in [3.8, 4) is 5.75 Å². The molecule has 0 radical (unpaired) electrons. The molecule has 110 valence electrons. The molecule has 0 aliphatic carbocycles. The summed E-state index contributed by atoms with van der Waals surface area (Å²) < 4.78 is 5.10. The molecule has 2 N–H and O–H groups in total. The lowest BCUT2D eigenvalue weighted by molar-refractivity contribution is -0.133. The second-order valence-electron chi connectivity index (χ2n) is 5.15. The number of carbonyl (C=O) groups is 1. The van der Waals surface area contributed by atoms with Gasteiger partial charge in [-0.1, -0.05) is 12.1 Å². The van der Waals surface area contributed by atoms with Crippen molar-refractivity contribution in [2.75, 3.05) is 27.2 Å². The summed E-state index contributed by atoms with van der Waals surface area (Å²) in [6, 6.07) is 7.62. The predicted molar refractivity (Wildman–Crippen MR) is 76.7 cm³/mol. The summed E-state index contributed by atoms with van der Waals surface area (Å²) in [6.45, 7) is 1.21. The Bertz CT molecular complexity index is 447. The molecule has 2 atom stereocenters. The molecule has 1 aliphatic heterocycles. The maximum Gasteiger partial charge on any atom is 0.223 e. The number of carbonyl (C=O) groups excluding carboxylic acids is 1. The first-order valence-electron chi connectivity index (χ1n) is 6.89. The van der Waals surface area contributed by atoms with Gasteiger partial charge in [0, 0.05) is 26.6 Å². The third kappa shape index (κ3) is 3.49. The SMILES string of the molecule is COc1ccc(CCC(=O)N(C)[C@@H]2CNC[C@H]2O)cc1. The monoisotopic (exact) mass is 278 g/mol. The number of methoxy groups -OCH3 is 1. The zero-order valence-corrected chi connectivity index (χ0v) is 12.0. The zero-order valence-electron chi connectivity index (χ0n) is 12.0. The summed E-state index contributed by atoms with van der Waals surface area (Å²) in [7, 11) is 3.39. The molecule has 1 aliphatic rings. The van der Waals surface area contributed by atoms with Gasteiger partial charge in [0.2, 0.25) is 5.91 Å². The fourth-order valence-electron chi connectivity index (χ4n) is 2.45. The molecule has 1 aromatic rings. The third-order valence-corrected chi connectivity index (χ3v) is 3.83. The van der Waals surface area contributed by atoms with Crippen molar-refractivity contribution < 1.29 is 14.6 Å². The van der Waals surface area contributed by atoms with Crippen LogP contribution < -0.4 is 10.1 Å². The normalized spacial score (nSPS) is 21.8. The smallest absolute Gasteiger partial charge is 0.223 e. The van der Waals surface area contributed by atoms with E-state index in [0.717, 1.165) is 11.3 Å². The number of ether oxygens (including phenoxy) is 1. The molecule has 5 nitrogen and oxygen atoms in total. The lowest BCUT2D eigenvalue weighted by Gasteiger charge is -2.26. The van der Waals surface area contributed by atoms with Crippen LogP contribution >= 0.6 is 0 Å². The van der Waals surface area contributed by atoms with Gasteiger partial charge in [0.25, 0.3) is 0 Å². The van der Waals surface area contributed by atoms with Crippen LogP contribution in [0, 0.1) is 0 Å². The Balaban J connectivity index is 1.84. The van der Waals surface area contributed by atoms with Crippen molar-refractivity contribution in [2.24, 2.45) is 0 Å². The van der Waals surface area contributed by atoms with Crippen LogP contribution in [-0.2, 0) is 11.2 Å². The zero-order chi connectivity index (χ0) is 14.5. The second-order valence-corrected chi connectivity index (χ2v) is 5.15. The van der Waals surface area contributed by atoms with Gasteiger partial charge in [0.05, 0.1) is 19.3 Å². The number of nitrogens with one attached hydrogen (secondary N) is 1. The van der Waals surface area contributed by atoms with Crippen molar-refractivity contribution in [2.45, 2.75) is 25.0 Å². The maximum absolute atomic E-state index is 12.1. The molecule has 5 heteroatoms. The van der Waals surface area contributed by atoms with Crippen molar-refractivity contribution in [3.63, 3.8) is 0 Å². The van der Waals surface area contributed by atoms with Gasteiger partial charge in [0.1, 0.15) is 5.75 Å². The van der Waals surface area contributed by atoms with Crippen LogP contribution in [-0.4, -0.2) is 55.3 Å². The van der Waals surface area contributed by atoms with E-state index in [1.807, 2.05) is 24.3 Å². The summed E-state index contributed by atoms with van der Waals surface area (Å²) in [5.41, 5.74) is 1.11. The predicted octanol–water partition coefficient (Wildman–Crippen LogP) is 0.419. The number of aryl methyl sites for hydroxylation is 1. The molecule has 1 fully saturated rings. The number of rotatable bonds is 5. The van der Waals surface area contributed by atoms with Gasteiger partial charge in [-0.15, -0.1) is 0 Å². The standard InChI is InChI=1S/C15H22N2O3/c1-17(13-9-16-10-14(13)18)15(19)8-5-11-3-6-12(20-2)7-4-11/h3-4,6-7,13-14,16,18H,5,8-10H2,1-2H3/t13-,14-/m1/s1. The van der Waals surface area contributed by atoms with E-state index in [-0.39, 0.29) is 11.9 Å². The molecule has 0 bridgehead atoms. The van der Waals surface area contributed by atoms with Gasteiger partial charge in [-0.25, -0.2) is 0 Å². The van der Waals surface area contributed by atoms with E-state index in [9.17, 15) is 9.90 Å². The van der Waals surface area contributed by atoms with E-state index in [4.69, 9.17) is 4.74 Å². The number of aliphatic hydroxyl groups is 1. The molecule has 1 heterocycles. The van der Waals surface area contributed by atoms with Crippen LogP contribution in [0.4, 0.5) is 0 Å². The Morgan fingerprint density at radius 3 is 2.65 bits per heavy atom. The van der Waals surface area contributed by atoms with Crippen LogP contribution in [0.5, 0.6) is 5.75 Å². The van der Waals surface area contributed by atoms with Crippen molar-refractivity contribution in [1.82, 2.24) is 10.2 Å². The summed E-state index contributed by atoms with van der Waals surface area (Å²) in [6.07, 6.45) is 0.681. The molecule has 2 rings (SSSR count).